The number of fused-ring (bicyclic) bond motifs is 1. The molecule has 1 saturated heterocycles. The maximum Gasteiger partial charge on any atom is 0.341 e. The third-order valence-electron chi connectivity index (χ3n) is 5.90. The van der Waals surface area contributed by atoms with Gasteiger partial charge in [0.2, 0.25) is 11.8 Å². The van der Waals surface area contributed by atoms with Gasteiger partial charge in [-0.25, -0.2) is 4.79 Å². The summed E-state index contributed by atoms with van der Waals surface area (Å²) < 4.78 is 9.97. The second-order valence-electron chi connectivity index (χ2n) is 8.03. The van der Waals surface area contributed by atoms with E-state index >= 15 is 0 Å². The Morgan fingerprint density at radius 3 is 2.24 bits per heavy atom. The molecule has 0 spiro atoms. The van der Waals surface area contributed by atoms with Crippen LogP contribution < -0.4 is 10.6 Å². The molecule has 2 atom stereocenters. The number of likely N-dealkylation sites (tertiary alicyclic amines) is 1. The first-order chi connectivity index (χ1) is 16.2. The van der Waals surface area contributed by atoms with Gasteiger partial charge in [0, 0.05) is 7.05 Å². The zero-order chi connectivity index (χ0) is 25.0. The van der Waals surface area contributed by atoms with Crippen molar-refractivity contribution in [3.05, 3.63) is 16.0 Å². The number of anilines is 1. The Morgan fingerprint density at radius 1 is 1.06 bits per heavy atom. The zero-order valence-electron chi connectivity index (χ0n) is 19.2. The number of esters is 2. The number of carbonyl (C=O) groups is 6. The van der Waals surface area contributed by atoms with Crippen LogP contribution in [0.25, 0.3) is 0 Å². The summed E-state index contributed by atoms with van der Waals surface area (Å²) in [5.74, 6) is -4.28. The predicted molar refractivity (Wildman–Crippen MR) is 120 cm³/mol. The van der Waals surface area contributed by atoms with E-state index in [1.54, 1.807) is 13.8 Å². The molecule has 1 aromatic heterocycles. The topological polar surface area (TPSA) is 148 Å². The van der Waals surface area contributed by atoms with Crippen molar-refractivity contribution in [3.63, 3.8) is 0 Å². The molecule has 1 saturated carbocycles. The number of hydrogen-bond donors (Lipinski definition) is 2. The minimum atomic E-state index is -0.894. The molecular weight excluding hydrogens is 466 g/mol. The molecule has 1 aliphatic carbocycles. The highest BCUT2D eigenvalue weighted by molar-refractivity contribution is 7.18. The Bertz CT molecular complexity index is 1010. The summed E-state index contributed by atoms with van der Waals surface area (Å²) in [4.78, 5) is 75.2. The van der Waals surface area contributed by atoms with Crippen LogP contribution >= 0.6 is 11.3 Å². The number of rotatable bonds is 8. The first kappa shape index (κ1) is 25.3. The monoisotopic (exact) mass is 493 g/mol. The van der Waals surface area contributed by atoms with Gasteiger partial charge >= 0.3 is 11.9 Å². The highest BCUT2D eigenvalue weighted by Crippen LogP contribution is 2.38. The lowest BCUT2D eigenvalue weighted by molar-refractivity contribution is -0.154. The number of nitrogens with one attached hydrogen (secondary N) is 2. The van der Waals surface area contributed by atoms with Crippen LogP contribution in [0.4, 0.5) is 5.00 Å². The molecule has 11 nitrogen and oxygen atoms in total. The standard InChI is InChI=1S/C22H27N3O8S/c1-4-32-22(31)16-11(2)17(18(28)23-3)34-19(16)24-14(26)10-33-15(27)9-25-20(29)12-7-5-6-8-13(12)21(25)30/h12-13H,4-10H2,1-3H3,(H,23,28)(H,24,26). The van der Waals surface area contributed by atoms with Crippen molar-refractivity contribution in [2.24, 2.45) is 11.8 Å². The van der Waals surface area contributed by atoms with E-state index in [9.17, 15) is 28.8 Å². The Morgan fingerprint density at radius 2 is 1.68 bits per heavy atom. The Balaban J connectivity index is 1.62. The van der Waals surface area contributed by atoms with Crippen molar-refractivity contribution >= 4 is 51.9 Å². The summed E-state index contributed by atoms with van der Waals surface area (Å²) in [6, 6.07) is 0. The largest absolute Gasteiger partial charge is 0.462 e. The van der Waals surface area contributed by atoms with Crippen LogP contribution in [0.5, 0.6) is 0 Å². The number of ether oxygens (including phenoxy) is 2. The van der Waals surface area contributed by atoms with Crippen LogP contribution in [0.3, 0.4) is 0 Å². The van der Waals surface area contributed by atoms with Crippen LogP contribution in [-0.4, -0.2) is 67.3 Å². The molecule has 1 aliphatic heterocycles. The summed E-state index contributed by atoms with van der Waals surface area (Å²) in [6.07, 6.45) is 3.00. The number of nitrogens with zero attached hydrogens (tertiary/aromatic N) is 1. The second kappa shape index (κ2) is 10.8. The molecular formula is C22H27N3O8S. The molecule has 0 radical (unpaired) electrons. The van der Waals surface area contributed by atoms with E-state index in [0.717, 1.165) is 29.1 Å². The van der Waals surface area contributed by atoms with Crippen LogP contribution in [-0.2, 0) is 28.7 Å². The average molecular weight is 494 g/mol. The van der Waals surface area contributed by atoms with Gasteiger partial charge in [0.25, 0.3) is 11.8 Å². The molecule has 2 aliphatic rings. The lowest BCUT2D eigenvalue weighted by atomic mass is 9.81. The summed E-state index contributed by atoms with van der Waals surface area (Å²) in [5.41, 5.74) is 0.392. The fourth-order valence-corrected chi connectivity index (χ4v) is 5.41. The van der Waals surface area contributed by atoms with E-state index in [4.69, 9.17) is 9.47 Å². The molecule has 2 unspecified atom stereocenters. The Labute approximate surface area is 200 Å². The maximum atomic E-state index is 12.5. The SMILES string of the molecule is CCOC(=O)c1c(NC(=O)COC(=O)CN2C(=O)C3CCCCC3C2=O)sc(C(=O)NC)c1C. The third-order valence-corrected chi connectivity index (χ3v) is 7.10. The molecule has 1 aromatic rings. The van der Waals surface area contributed by atoms with Crippen molar-refractivity contribution in [1.29, 1.82) is 0 Å². The summed E-state index contributed by atoms with van der Waals surface area (Å²) in [6.45, 7) is 2.04. The molecule has 4 amide bonds. The minimum absolute atomic E-state index is 0.0426. The van der Waals surface area contributed by atoms with Gasteiger partial charge in [-0.15, -0.1) is 11.3 Å². The van der Waals surface area contributed by atoms with Crippen LogP contribution in [0.1, 0.15) is 58.2 Å². The van der Waals surface area contributed by atoms with Crippen molar-refractivity contribution in [3.8, 4) is 0 Å². The second-order valence-corrected chi connectivity index (χ2v) is 9.05. The minimum Gasteiger partial charge on any atom is -0.462 e. The number of amides is 4. The quantitative estimate of drug-likeness (QED) is 0.406. The predicted octanol–water partition coefficient (Wildman–Crippen LogP) is 1.25. The summed E-state index contributed by atoms with van der Waals surface area (Å²) in [7, 11) is 1.44. The molecule has 184 valence electrons. The van der Waals surface area contributed by atoms with Gasteiger partial charge in [-0.05, 0) is 32.3 Å². The molecule has 34 heavy (non-hydrogen) atoms. The molecule has 3 rings (SSSR count). The molecule has 2 N–H and O–H groups in total. The molecule has 2 fully saturated rings. The van der Waals surface area contributed by atoms with Gasteiger partial charge in [-0.2, -0.15) is 0 Å². The van der Waals surface area contributed by atoms with Gasteiger partial charge in [-0.3, -0.25) is 28.9 Å². The smallest absolute Gasteiger partial charge is 0.341 e. The van der Waals surface area contributed by atoms with Crippen molar-refractivity contribution in [2.75, 3.05) is 32.1 Å². The first-order valence-electron chi connectivity index (χ1n) is 11.0. The third kappa shape index (κ3) is 5.11. The van der Waals surface area contributed by atoms with Gasteiger partial charge < -0.3 is 20.1 Å². The first-order valence-corrected chi connectivity index (χ1v) is 11.8. The molecule has 2 heterocycles. The van der Waals surface area contributed by atoms with E-state index in [1.807, 2.05) is 0 Å². The highest BCUT2D eigenvalue weighted by atomic mass is 32.1. The number of imide groups is 1. The van der Waals surface area contributed by atoms with E-state index in [0.29, 0.717) is 18.4 Å². The van der Waals surface area contributed by atoms with E-state index < -0.39 is 36.9 Å². The molecule has 0 aromatic carbocycles. The van der Waals surface area contributed by atoms with Crippen molar-refractivity contribution in [1.82, 2.24) is 10.2 Å². The summed E-state index contributed by atoms with van der Waals surface area (Å²) >= 11 is 0.891. The van der Waals surface area contributed by atoms with Crippen LogP contribution in [0.15, 0.2) is 0 Å². The molecule has 0 bridgehead atoms. The normalized spacial score (nSPS) is 19.4. The van der Waals surface area contributed by atoms with E-state index in [2.05, 4.69) is 10.6 Å². The van der Waals surface area contributed by atoms with Gasteiger partial charge in [0.15, 0.2) is 6.61 Å². The number of hydrogen-bond acceptors (Lipinski definition) is 9. The zero-order valence-corrected chi connectivity index (χ0v) is 20.0. The van der Waals surface area contributed by atoms with Gasteiger partial charge in [-0.1, -0.05) is 12.8 Å². The number of carbonyl (C=O) groups excluding carboxylic acids is 6. The average Bonchev–Trinajstić information content (AvgIpc) is 3.26. The summed E-state index contributed by atoms with van der Waals surface area (Å²) in [5, 5.41) is 5.02. The van der Waals surface area contributed by atoms with Crippen molar-refractivity contribution < 1.29 is 38.2 Å². The lowest BCUT2D eigenvalue weighted by Crippen LogP contribution is -2.37. The van der Waals surface area contributed by atoms with Crippen molar-refractivity contribution in [2.45, 2.75) is 39.5 Å². The van der Waals surface area contributed by atoms with Gasteiger partial charge in [0.05, 0.1) is 28.9 Å². The van der Waals surface area contributed by atoms with Gasteiger partial charge in [0.1, 0.15) is 11.5 Å². The van der Waals surface area contributed by atoms with Crippen LogP contribution in [0.2, 0.25) is 0 Å². The highest BCUT2D eigenvalue weighted by Gasteiger charge is 2.48. The maximum absolute atomic E-state index is 12.5. The lowest BCUT2D eigenvalue weighted by Gasteiger charge is -2.19. The van der Waals surface area contributed by atoms with E-state index in [1.165, 1.54) is 7.05 Å². The Hall–Kier alpha value is -3.28. The number of thiophene rings is 1. The Kier molecular flexibility index (Phi) is 8.02. The fraction of sp³-hybridized carbons (Fsp3) is 0.545. The molecule has 12 heteroatoms. The fourth-order valence-electron chi connectivity index (χ4n) is 4.25. The van der Waals surface area contributed by atoms with Crippen LogP contribution in [0, 0.1) is 18.8 Å². The van der Waals surface area contributed by atoms with E-state index in [-0.39, 0.29) is 45.7 Å².